The first-order valence-electron chi connectivity index (χ1n) is 21.1. The molecule has 0 rings (SSSR count). The maximum Gasteiger partial charge on any atom is 0.472 e. The van der Waals surface area contributed by atoms with Crippen LogP contribution in [0, 0.1) is 0 Å². The predicted octanol–water partition coefficient (Wildman–Crippen LogP) is 10.7. The normalized spacial score (nSPS) is 14.6. The minimum absolute atomic E-state index is 0.0152. The minimum atomic E-state index is -4.78. The Morgan fingerprint density at radius 3 is 1.56 bits per heavy atom. The second kappa shape index (κ2) is 39.5. The number of allylic oxidation sites excluding steroid dienone is 14. The molecule has 0 bridgehead atoms. The predicted molar refractivity (Wildman–Crippen MR) is 231 cm³/mol. The molecule has 3 atom stereocenters. The van der Waals surface area contributed by atoms with E-state index < -0.39 is 57.6 Å². The van der Waals surface area contributed by atoms with Crippen molar-refractivity contribution < 1.29 is 47.8 Å². The van der Waals surface area contributed by atoms with Crippen LogP contribution in [0.1, 0.15) is 149 Å². The van der Waals surface area contributed by atoms with Gasteiger partial charge >= 0.3 is 19.8 Å². The summed E-state index contributed by atoms with van der Waals surface area (Å²) in [5.41, 5.74) is 0. The molecule has 1 amide bonds. The van der Waals surface area contributed by atoms with Crippen LogP contribution in [0.15, 0.2) is 85.1 Å². The molecular weight excluding hydrogens is 745 g/mol. The van der Waals surface area contributed by atoms with Crippen molar-refractivity contribution in [2.45, 2.75) is 161 Å². The maximum atomic E-state index is 12.3. The average molecular weight is 820 g/mol. The second-order valence-corrected chi connectivity index (χ2v) is 15.2. The molecule has 0 saturated heterocycles. The van der Waals surface area contributed by atoms with E-state index in [1.54, 1.807) is 0 Å². The molecule has 0 fully saturated rings. The third kappa shape index (κ3) is 39.3. The number of carboxylic acids is 1. The van der Waals surface area contributed by atoms with E-state index in [-0.39, 0.29) is 12.8 Å². The smallest absolute Gasteiger partial charge is 0.472 e. The number of carbonyl (C=O) groups excluding carboxylic acids is 2. The largest absolute Gasteiger partial charge is 0.480 e. The molecule has 0 aliphatic carbocycles. The van der Waals surface area contributed by atoms with Crippen LogP contribution in [0.2, 0.25) is 0 Å². The van der Waals surface area contributed by atoms with E-state index in [1.165, 1.54) is 32.1 Å². The van der Waals surface area contributed by atoms with Gasteiger partial charge in [-0.1, -0.05) is 144 Å². The van der Waals surface area contributed by atoms with Gasteiger partial charge in [0.2, 0.25) is 5.91 Å². The molecule has 0 radical (unpaired) electrons. The van der Waals surface area contributed by atoms with Crippen LogP contribution < -0.4 is 5.32 Å². The Balaban J connectivity index is 4.07. The van der Waals surface area contributed by atoms with Gasteiger partial charge in [0.15, 0.2) is 6.04 Å². The number of hydrogen-bond donors (Lipinski definition) is 4. The summed E-state index contributed by atoms with van der Waals surface area (Å²) < 4.78 is 26.8. The lowest BCUT2D eigenvalue weighted by atomic mass is 10.1. The third-order valence-corrected chi connectivity index (χ3v) is 9.38. The van der Waals surface area contributed by atoms with E-state index >= 15 is 0 Å². The number of aliphatic hydroxyl groups is 1. The molecule has 3 unspecified atom stereocenters. The summed E-state index contributed by atoms with van der Waals surface area (Å²) in [7, 11) is -4.78. The molecule has 12 heteroatoms. The zero-order valence-electron chi connectivity index (χ0n) is 34.9. The number of carbonyl (C=O) groups is 3. The van der Waals surface area contributed by atoms with Crippen LogP contribution in [0.3, 0.4) is 0 Å². The molecule has 11 nitrogen and oxygen atoms in total. The van der Waals surface area contributed by atoms with Gasteiger partial charge in [-0.25, -0.2) is 9.36 Å². The van der Waals surface area contributed by atoms with Crippen LogP contribution in [0.25, 0.3) is 0 Å². The van der Waals surface area contributed by atoms with Gasteiger partial charge in [-0.05, 0) is 77.0 Å². The SMILES string of the molecule is CC/C=C\C/C=C\C/C=C\C/C=C\C/C=C\C/C=C\CCC(=O)NC(COP(=O)(O)OCC(O)COC(=O)CCCCCCC/C=C\CCCCCCC)C(=O)O. The van der Waals surface area contributed by atoms with Gasteiger partial charge in [0.1, 0.15) is 12.7 Å². The van der Waals surface area contributed by atoms with E-state index in [9.17, 15) is 34.1 Å². The third-order valence-electron chi connectivity index (χ3n) is 8.43. The number of amides is 1. The number of ether oxygens (including phenoxy) is 1. The van der Waals surface area contributed by atoms with Crippen LogP contribution in [-0.2, 0) is 32.7 Å². The van der Waals surface area contributed by atoms with Gasteiger partial charge < -0.3 is 25.2 Å². The number of nitrogens with one attached hydrogen (secondary N) is 1. The zero-order valence-corrected chi connectivity index (χ0v) is 35.7. The highest BCUT2D eigenvalue weighted by Gasteiger charge is 2.28. The Morgan fingerprint density at radius 1 is 0.579 bits per heavy atom. The molecular formula is C45H74NO10P. The van der Waals surface area contributed by atoms with Crippen molar-refractivity contribution in [2.24, 2.45) is 0 Å². The number of phosphoric acid groups is 1. The van der Waals surface area contributed by atoms with Crippen LogP contribution >= 0.6 is 7.82 Å². The summed E-state index contributed by atoms with van der Waals surface area (Å²) in [6.07, 6.45) is 47.7. The van der Waals surface area contributed by atoms with E-state index in [0.717, 1.165) is 70.6 Å². The number of rotatable bonds is 38. The Labute approximate surface area is 343 Å². The van der Waals surface area contributed by atoms with Crippen molar-refractivity contribution in [3.05, 3.63) is 85.1 Å². The number of aliphatic hydroxyl groups excluding tert-OH is 1. The van der Waals surface area contributed by atoms with Crippen molar-refractivity contribution in [3.8, 4) is 0 Å². The average Bonchev–Trinajstić information content (AvgIpc) is 3.18. The van der Waals surface area contributed by atoms with Crippen molar-refractivity contribution in [1.82, 2.24) is 5.32 Å². The molecule has 324 valence electrons. The molecule has 57 heavy (non-hydrogen) atoms. The van der Waals surface area contributed by atoms with E-state index in [1.807, 2.05) is 18.2 Å². The fraction of sp³-hybridized carbons (Fsp3) is 0.622. The topological polar surface area (TPSA) is 169 Å². The second-order valence-electron chi connectivity index (χ2n) is 13.8. The monoisotopic (exact) mass is 820 g/mol. The lowest BCUT2D eigenvalue weighted by Crippen LogP contribution is -2.43. The fourth-order valence-electron chi connectivity index (χ4n) is 5.15. The van der Waals surface area contributed by atoms with Crippen molar-refractivity contribution in [3.63, 3.8) is 0 Å². The van der Waals surface area contributed by atoms with Gasteiger partial charge in [-0.3, -0.25) is 18.6 Å². The van der Waals surface area contributed by atoms with Crippen LogP contribution in [-0.4, -0.2) is 64.9 Å². The lowest BCUT2D eigenvalue weighted by molar-refractivity contribution is -0.147. The molecule has 0 spiro atoms. The standard InChI is InChI=1S/C45H74NO10P/c1-3-5-7-9-11-13-15-17-19-20-21-22-23-24-26-28-30-32-34-36-43(48)46-42(45(50)51)40-56-57(52,53)55-39-41(47)38-54-44(49)37-35-33-31-29-27-25-18-16-14-12-10-8-6-4-2/h5,7,11,13,16-19,21-22,24,26,30,32,41-42,47H,3-4,6,8-10,12,14-15,20,23,25,27-29,31,33-40H2,1-2H3,(H,46,48)(H,50,51)(H,52,53)/b7-5-,13-11-,18-16-,19-17-,22-21-,26-24-,32-30-. The number of carboxylic acid groups (broad SMARTS) is 1. The highest BCUT2D eigenvalue weighted by atomic mass is 31.2. The summed E-state index contributed by atoms with van der Waals surface area (Å²) in [5, 5.41) is 21.7. The molecule has 0 aromatic carbocycles. The Hall–Kier alpha value is -3.34. The number of aliphatic carboxylic acids is 1. The first-order chi connectivity index (χ1) is 27.6. The first-order valence-corrected chi connectivity index (χ1v) is 22.6. The molecule has 0 heterocycles. The van der Waals surface area contributed by atoms with Crippen LogP contribution in [0.4, 0.5) is 0 Å². The summed E-state index contributed by atoms with van der Waals surface area (Å²) in [6.45, 7) is 2.38. The highest BCUT2D eigenvalue weighted by Crippen LogP contribution is 2.43. The van der Waals surface area contributed by atoms with E-state index in [0.29, 0.717) is 19.3 Å². The molecule has 0 aromatic rings. The minimum Gasteiger partial charge on any atom is -0.480 e. The van der Waals surface area contributed by atoms with Crippen molar-refractivity contribution >= 4 is 25.7 Å². The van der Waals surface area contributed by atoms with Crippen molar-refractivity contribution in [2.75, 3.05) is 19.8 Å². The molecule has 0 aliphatic heterocycles. The maximum absolute atomic E-state index is 12.3. The van der Waals surface area contributed by atoms with Crippen LogP contribution in [0.5, 0.6) is 0 Å². The Bertz CT molecular complexity index is 1290. The number of unbranched alkanes of at least 4 members (excludes halogenated alkanes) is 10. The fourth-order valence-corrected chi connectivity index (χ4v) is 5.93. The number of hydrogen-bond acceptors (Lipinski definition) is 8. The quantitative estimate of drug-likeness (QED) is 0.0204. The summed E-state index contributed by atoms with van der Waals surface area (Å²) in [6, 6.07) is -1.59. The van der Waals surface area contributed by atoms with Gasteiger partial charge in [-0.15, -0.1) is 0 Å². The zero-order chi connectivity index (χ0) is 42.1. The van der Waals surface area contributed by atoms with Gasteiger partial charge in [0.05, 0.1) is 13.2 Å². The lowest BCUT2D eigenvalue weighted by Gasteiger charge is -2.18. The molecule has 0 aliphatic rings. The molecule has 0 aromatic heterocycles. The summed E-state index contributed by atoms with van der Waals surface area (Å²) in [4.78, 5) is 45.8. The number of phosphoric ester groups is 1. The van der Waals surface area contributed by atoms with Gasteiger partial charge in [0.25, 0.3) is 0 Å². The van der Waals surface area contributed by atoms with E-state index in [4.69, 9.17) is 13.8 Å². The number of esters is 1. The van der Waals surface area contributed by atoms with Gasteiger partial charge in [-0.2, -0.15) is 0 Å². The van der Waals surface area contributed by atoms with Crippen molar-refractivity contribution in [1.29, 1.82) is 0 Å². The summed E-state index contributed by atoms with van der Waals surface area (Å²) in [5.74, 6) is -2.51. The Morgan fingerprint density at radius 2 is 1.04 bits per heavy atom. The molecule has 4 N–H and O–H groups in total. The summed E-state index contributed by atoms with van der Waals surface area (Å²) >= 11 is 0. The molecule has 0 saturated carbocycles. The first kappa shape index (κ1) is 53.7. The van der Waals surface area contributed by atoms with E-state index in [2.05, 4.69) is 86.0 Å². The highest BCUT2D eigenvalue weighted by molar-refractivity contribution is 7.47. The van der Waals surface area contributed by atoms with Gasteiger partial charge in [0, 0.05) is 12.8 Å². The Kier molecular flexibility index (Phi) is 37.2.